The fraction of sp³-hybridized carbons (Fsp3) is 0.515. The van der Waals surface area contributed by atoms with Crippen molar-refractivity contribution in [2.45, 2.75) is 51.5 Å². The summed E-state index contributed by atoms with van der Waals surface area (Å²) in [7, 11) is 1.67. The lowest BCUT2D eigenvalue weighted by Crippen LogP contribution is -2.44. The first-order valence-corrected chi connectivity index (χ1v) is 15.1. The van der Waals surface area contributed by atoms with Crippen molar-refractivity contribution >= 4 is 28.9 Å². The van der Waals surface area contributed by atoms with Gasteiger partial charge in [-0.15, -0.1) is 0 Å². The van der Waals surface area contributed by atoms with Crippen molar-refractivity contribution in [2.75, 3.05) is 67.7 Å². The topological polar surface area (TPSA) is 74.3 Å². The fourth-order valence-corrected chi connectivity index (χ4v) is 5.87. The molecule has 220 valence electrons. The summed E-state index contributed by atoms with van der Waals surface area (Å²) >= 11 is 0. The number of ether oxygens (including phenoxy) is 2. The van der Waals surface area contributed by atoms with Gasteiger partial charge in [0.1, 0.15) is 5.75 Å². The van der Waals surface area contributed by atoms with E-state index < -0.39 is 0 Å². The van der Waals surface area contributed by atoms with Gasteiger partial charge >= 0.3 is 0 Å². The van der Waals surface area contributed by atoms with Gasteiger partial charge in [0.25, 0.3) is 5.91 Å². The molecule has 2 atom stereocenters. The quantitative estimate of drug-likeness (QED) is 0.282. The Morgan fingerprint density at radius 2 is 2.05 bits per heavy atom. The number of methoxy groups -OCH3 is 1. The molecule has 0 spiro atoms. The molecule has 2 aromatic carbocycles. The first kappa shape index (κ1) is 29.1. The number of hydrogen-bond donors (Lipinski definition) is 1. The lowest BCUT2D eigenvalue weighted by atomic mass is 9.85. The molecule has 0 radical (unpaired) electrons. The molecule has 0 saturated heterocycles. The molecule has 2 heterocycles. The van der Waals surface area contributed by atoms with Crippen LogP contribution in [0.15, 0.2) is 54.6 Å². The number of nitrogens with one attached hydrogen (secondary N) is 1. The van der Waals surface area contributed by atoms with E-state index in [2.05, 4.69) is 60.5 Å². The molecule has 1 aliphatic carbocycles. The minimum atomic E-state index is -0.237. The van der Waals surface area contributed by atoms with Gasteiger partial charge < -0.3 is 29.5 Å². The number of carbonyl (C=O) groups is 2. The van der Waals surface area contributed by atoms with Gasteiger partial charge in [0, 0.05) is 57.3 Å². The number of nitrogens with zero attached hydrogens (tertiary/aromatic N) is 3. The van der Waals surface area contributed by atoms with E-state index in [9.17, 15) is 9.59 Å². The third-order valence-electron chi connectivity index (χ3n) is 8.40. The second-order valence-corrected chi connectivity index (χ2v) is 11.3. The number of anilines is 3. The fourth-order valence-electron chi connectivity index (χ4n) is 5.87. The van der Waals surface area contributed by atoms with Crippen LogP contribution in [0, 0.1) is 5.92 Å². The van der Waals surface area contributed by atoms with Gasteiger partial charge in [0.15, 0.2) is 6.61 Å². The van der Waals surface area contributed by atoms with Crippen LogP contribution in [-0.4, -0.2) is 70.9 Å². The standard InChI is InChI=1S/C33H44N4O4/c1-4-34-22-29(24(2)25-10-8-11-27(20-25)35-16-6-5-7-17-35)33(39)37(26-12-13-26)28-14-15-31-30(21-28)36(18-9-19-40-3)32(38)23-41-31/h5-6,8,10-11,14-15,20-21,24,26,29,34H,4,7,9,12-13,16-19,22-23H2,1-3H3/t24-,29+/m1/s1. The molecule has 0 unspecified atom stereocenters. The SMILES string of the molecule is CCNC[C@H](C(=O)N(c1ccc2c(c1)N(CCCOC)C(=O)CO2)C1CC1)[C@H](C)c1cccc(N2CC=CCC2)c1. The zero-order valence-corrected chi connectivity index (χ0v) is 24.7. The Labute approximate surface area is 244 Å². The van der Waals surface area contributed by atoms with Crippen LogP contribution in [0.3, 0.4) is 0 Å². The molecule has 3 aliphatic rings. The van der Waals surface area contributed by atoms with E-state index in [1.54, 1.807) is 12.0 Å². The molecule has 0 aromatic heterocycles. The molecular formula is C33H44N4O4. The summed E-state index contributed by atoms with van der Waals surface area (Å²) in [5.74, 6) is 0.518. The van der Waals surface area contributed by atoms with Crippen LogP contribution in [0.4, 0.5) is 17.1 Å². The van der Waals surface area contributed by atoms with E-state index >= 15 is 0 Å². The summed E-state index contributed by atoms with van der Waals surface area (Å²) in [6, 6.07) is 14.7. The second kappa shape index (κ2) is 13.5. The Morgan fingerprint density at radius 3 is 2.78 bits per heavy atom. The van der Waals surface area contributed by atoms with E-state index in [0.29, 0.717) is 25.4 Å². The first-order chi connectivity index (χ1) is 20.0. The average molecular weight is 561 g/mol. The second-order valence-electron chi connectivity index (χ2n) is 11.3. The maximum atomic E-state index is 14.5. The highest BCUT2D eigenvalue weighted by Gasteiger charge is 2.40. The number of rotatable bonds is 13. The first-order valence-electron chi connectivity index (χ1n) is 15.1. The Kier molecular flexibility index (Phi) is 9.62. The molecule has 0 bridgehead atoms. The molecule has 1 saturated carbocycles. The Bertz CT molecular complexity index is 1240. The van der Waals surface area contributed by atoms with Gasteiger partial charge in [-0.3, -0.25) is 9.59 Å². The lowest BCUT2D eigenvalue weighted by Gasteiger charge is -2.34. The van der Waals surface area contributed by atoms with Crippen LogP contribution < -0.4 is 24.8 Å². The van der Waals surface area contributed by atoms with Crippen molar-refractivity contribution < 1.29 is 19.1 Å². The van der Waals surface area contributed by atoms with Gasteiger partial charge in [-0.1, -0.05) is 38.1 Å². The summed E-state index contributed by atoms with van der Waals surface area (Å²) in [4.78, 5) is 33.4. The normalized spacial score (nSPS) is 18.1. The smallest absolute Gasteiger partial charge is 0.265 e. The minimum absolute atomic E-state index is 0.0242. The van der Waals surface area contributed by atoms with E-state index in [1.165, 1.54) is 11.3 Å². The monoisotopic (exact) mass is 560 g/mol. The van der Waals surface area contributed by atoms with Crippen molar-refractivity contribution in [3.63, 3.8) is 0 Å². The average Bonchev–Trinajstić information content (AvgIpc) is 3.84. The molecule has 8 heteroatoms. The maximum absolute atomic E-state index is 14.5. The number of hydrogen-bond acceptors (Lipinski definition) is 6. The van der Waals surface area contributed by atoms with Crippen molar-refractivity contribution in [3.05, 3.63) is 60.2 Å². The molecule has 1 fully saturated rings. The van der Waals surface area contributed by atoms with Crippen LogP contribution in [0.1, 0.15) is 51.0 Å². The highest BCUT2D eigenvalue weighted by molar-refractivity contribution is 6.01. The highest BCUT2D eigenvalue weighted by Crippen LogP contribution is 2.41. The van der Waals surface area contributed by atoms with E-state index in [1.807, 2.05) is 23.1 Å². The molecule has 2 aliphatic heterocycles. The van der Waals surface area contributed by atoms with Gasteiger partial charge in [-0.25, -0.2) is 0 Å². The summed E-state index contributed by atoms with van der Waals surface area (Å²) in [6.45, 7) is 8.74. The predicted molar refractivity (Wildman–Crippen MR) is 164 cm³/mol. The molecule has 5 rings (SSSR count). The summed E-state index contributed by atoms with van der Waals surface area (Å²) < 4.78 is 11.0. The molecular weight excluding hydrogens is 516 g/mol. The van der Waals surface area contributed by atoms with Gasteiger partial charge in [-0.2, -0.15) is 0 Å². The number of benzene rings is 2. The van der Waals surface area contributed by atoms with Crippen LogP contribution in [-0.2, 0) is 14.3 Å². The minimum Gasteiger partial charge on any atom is -0.482 e. The number of carbonyl (C=O) groups excluding carboxylic acids is 2. The van der Waals surface area contributed by atoms with Crippen LogP contribution >= 0.6 is 0 Å². The summed E-state index contributed by atoms with van der Waals surface area (Å²) in [6.07, 6.45) is 8.21. The number of amides is 2. The third-order valence-corrected chi connectivity index (χ3v) is 8.40. The lowest BCUT2D eigenvalue weighted by molar-refractivity contribution is -0.123. The van der Waals surface area contributed by atoms with Crippen molar-refractivity contribution in [2.24, 2.45) is 5.92 Å². The van der Waals surface area contributed by atoms with Crippen molar-refractivity contribution in [3.8, 4) is 5.75 Å². The van der Waals surface area contributed by atoms with E-state index in [-0.39, 0.29) is 36.3 Å². The highest BCUT2D eigenvalue weighted by atomic mass is 16.5. The Balaban J connectivity index is 1.43. The zero-order chi connectivity index (χ0) is 28.8. The van der Waals surface area contributed by atoms with Crippen LogP contribution in [0.25, 0.3) is 0 Å². The number of fused-ring (bicyclic) bond motifs is 1. The van der Waals surface area contributed by atoms with Gasteiger partial charge in [0.2, 0.25) is 5.91 Å². The van der Waals surface area contributed by atoms with E-state index in [4.69, 9.17) is 9.47 Å². The van der Waals surface area contributed by atoms with Crippen LogP contribution in [0.2, 0.25) is 0 Å². The summed E-state index contributed by atoms with van der Waals surface area (Å²) in [5.41, 5.74) is 3.94. The Morgan fingerprint density at radius 1 is 1.20 bits per heavy atom. The third kappa shape index (κ3) is 6.76. The van der Waals surface area contributed by atoms with Crippen molar-refractivity contribution in [1.29, 1.82) is 0 Å². The van der Waals surface area contributed by atoms with Gasteiger partial charge in [0.05, 0.1) is 11.6 Å². The molecule has 2 aromatic rings. The molecule has 1 N–H and O–H groups in total. The molecule has 2 amide bonds. The Hall–Kier alpha value is -3.36. The van der Waals surface area contributed by atoms with Gasteiger partial charge in [-0.05, 0) is 74.0 Å². The largest absolute Gasteiger partial charge is 0.482 e. The predicted octanol–water partition coefficient (Wildman–Crippen LogP) is 4.74. The molecule has 8 nitrogen and oxygen atoms in total. The van der Waals surface area contributed by atoms with Crippen molar-refractivity contribution in [1.82, 2.24) is 5.32 Å². The van der Waals surface area contributed by atoms with E-state index in [0.717, 1.165) is 56.7 Å². The molecule has 41 heavy (non-hydrogen) atoms. The zero-order valence-electron chi connectivity index (χ0n) is 24.7. The van der Waals surface area contributed by atoms with Crippen LogP contribution in [0.5, 0.6) is 5.75 Å². The maximum Gasteiger partial charge on any atom is 0.265 e. The summed E-state index contributed by atoms with van der Waals surface area (Å²) in [5, 5.41) is 3.46.